The summed E-state index contributed by atoms with van der Waals surface area (Å²) < 4.78 is 0. The summed E-state index contributed by atoms with van der Waals surface area (Å²) in [5.74, 6) is 0.111. The Hall–Kier alpha value is -0.305. The molecule has 1 N–H and O–H groups in total. The van der Waals surface area contributed by atoms with E-state index in [4.69, 9.17) is 7.85 Å². The lowest BCUT2D eigenvalue weighted by molar-refractivity contribution is -0.116. The molecule has 7 heavy (non-hydrogen) atoms. The van der Waals surface area contributed by atoms with E-state index in [-0.39, 0.29) is 11.6 Å². The normalized spacial score (nSPS) is 21.1. The summed E-state index contributed by atoms with van der Waals surface area (Å²) in [6, 6.07) is 0. The van der Waals surface area contributed by atoms with Crippen LogP contribution in [0.5, 0.6) is 0 Å². The molecule has 1 fully saturated rings. The van der Waals surface area contributed by atoms with Gasteiger partial charge in [0.25, 0.3) is 0 Å². The average Bonchev–Trinajstić information content (AvgIpc) is 1.23. The SMILES string of the molecule is [B]C(=O)C1CNC1. The highest BCUT2D eigenvalue weighted by Gasteiger charge is 2.19. The van der Waals surface area contributed by atoms with Crippen molar-refractivity contribution in [2.75, 3.05) is 13.1 Å². The van der Waals surface area contributed by atoms with Crippen molar-refractivity contribution >= 4 is 13.5 Å². The minimum Gasteiger partial charge on any atom is -0.315 e. The number of hydrogen-bond acceptors (Lipinski definition) is 2. The molecule has 1 saturated heterocycles. The number of hydrogen-bond donors (Lipinski definition) is 1. The highest BCUT2D eigenvalue weighted by Crippen LogP contribution is 2.00. The highest BCUT2D eigenvalue weighted by molar-refractivity contribution is 6.58. The van der Waals surface area contributed by atoms with Crippen LogP contribution >= 0.6 is 0 Å². The molecule has 0 aromatic carbocycles. The summed E-state index contributed by atoms with van der Waals surface area (Å²) in [6.07, 6.45) is 0. The van der Waals surface area contributed by atoms with Gasteiger partial charge in [-0.1, -0.05) is 0 Å². The van der Waals surface area contributed by atoms with Gasteiger partial charge in [-0.25, -0.2) is 0 Å². The van der Waals surface area contributed by atoms with E-state index in [0.29, 0.717) is 0 Å². The fourth-order valence-electron chi connectivity index (χ4n) is 0.490. The third kappa shape index (κ3) is 0.827. The molecule has 0 saturated carbocycles. The molecule has 0 bridgehead atoms. The van der Waals surface area contributed by atoms with Crippen LogP contribution in [0.3, 0.4) is 0 Å². The van der Waals surface area contributed by atoms with Gasteiger partial charge in [0.15, 0.2) is 7.85 Å². The Morgan fingerprint density at radius 1 is 1.71 bits per heavy atom. The lowest BCUT2D eigenvalue weighted by Crippen LogP contribution is -2.46. The predicted molar refractivity (Wildman–Crippen MR) is 27.1 cm³/mol. The van der Waals surface area contributed by atoms with E-state index >= 15 is 0 Å². The van der Waals surface area contributed by atoms with Crippen molar-refractivity contribution < 1.29 is 4.79 Å². The van der Waals surface area contributed by atoms with Crippen molar-refractivity contribution in [3.63, 3.8) is 0 Å². The Morgan fingerprint density at radius 3 is 2.29 bits per heavy atom. The van der Waals surface area contributed by atoms with E-state index in [1.165, 1.54) is 0 Å². The molecule has 0 amide bonds. The molecule has 2 radical (unpaired) electrons. The van der Waals surface area contributed by atoms with Gasteiger partial charge < -0.3 is 10.1 Å². The topological polar surface area (TPSA) is 29.1 Å². The molecule has 1 aliphatic heterocycles. The fraction of sp³-hybridized carbons (Fsp3) is 0.750. The van der Waals surface area contributed by atoms with E-state index in [9.17, 15) is 4.79 Å². The zero-order chi connectivity index (χ0) is 5.28. The van der Waals surface area contributed by atoms with Crippen LogP contribution in [0.4, 0.5) is 0 Å². The minimum atomic E-state index is -0.182. The van der Waals surface area contributed by atoms with Gasteiger partial charge in [0.2, 0.25) is 0 Å². The average molecular weight is 94.9 g/mol. The molecule has 1 aliphatic rings. The van der Waals surface area contributed by atoms with Crippen LogP contribution in [0, 0.1) is 5.92 Å². The number of rotatable bonds is 1. The zero-order valence-electron chi connectivity index (χ0n) is 3.98. The van der Waals surface area contributed by atoms with Gasteiger partial charge in [-0.2, -0.15) is 0 Å². The second kappa shape index (κ2) is 1.66. The Bertz CT molecular complexity index is 89.7. The number of carbonyl (C=O) groups is 1. The van der Waals surface area contributed by atoms with Crippen LogP contribution in [0.25, 0.3) is 0 Å². The first-order valence-corrected chi connectivity index (χ1v) is 2.31. The maximum atomic E-state index is 10.2. The molecule has 0 unspecified atom stereocenters. The zero-order valence-corrected chi connectivity index (χ0v) is 3.98. The first-order chi connectivity index (χ1) is 3.30. The molecule has 0 aromatic rings. The molecule has 3 heteroatoms. The molecule has 2 nitrogen and oxygen atoms in total. The van der Waals surface area contributed by atoms with Crippen LogP contribution in [-0.2, 0) is 4.79 Å². The summed E-state index contributed by atoms with van der Waals surface area (Å²) in [4.78, 5) is 10.2. The van der Waals surface area contributed by atoms with E-state index < -0.39 is 0 Å². The second-order valence-electron chi connectivity index (χ2n) is 1.76. The van der Waals surface area contributed by atoms with Crippen molar-refractivity contribution in [2.45, 2.75) is 0 Å². The van der Waals surface area contributed by atoms with Crippen LogP contribution < -0.4 is 5.32 Å². The van der Waals surface area contributed by atoms with E-state index in [0.717, 1.165) is 13.1 Å². The van der Waals surface area contributed by atoms with Crippen molar-refractivity contribution in [3.8, 4) is 0 Å². The Balaban J connectivity index is 2.27. The second-order valence-corrected chi connectivity index (χ2v) is 1.76. The van der Waals surface area contributed by atoms with Crippen molar-refractivity contribution in [3.05, 3.63) is 0 Å². The quantitative estimate of drug-likeness (QED) is 0.419. The van der Waals surface area contributed by atoms with E-state index in [1.54, 1.807) is 0 Å². The van der Waals surface area contributed by atoms with Crippen LogP contribution in [0.15, 0.2) is 0 Å². The monoisotopic (exact) mass is 95.1 g/mol. The van der Waals surface area contributed by atoms with E-state index in [1.807, 2.05) is 0 Å². The first-order valence-electron chi connectivity index (χ1n) is 2.31. The predicted octanol–water partition coefficient (Wildman–Crippen LogP) is -1.10. The fourth-order valence-corrected chi connectivity index (χ4v) is 0.490. The summed E-state index contributed by atoms with van der Waals surface area (Å²) in [6.45, 7) is 1.55. The van der Waals surface area contributed by atoms with Gasteiger partial charge in [0, 0.05) is 19.0 Å². The number of nitrogens with one attached hydrogen (secondary N) is 1. The molecular weight excluding hydrogens is 88.9 g/mol. The Morgan fingerprint density at radius 2 is 2.29 bits per heavy atom. The molecule has 0 spiro atoms. The molecule has 1 rings (SSSR count). The maximum Gasteiger partial charge on any atom is 0.168 e. The van der Waals surface area contributed by atoms with Gasteiger partial charge in [-0.15, -0.1) is 0 Å². The Labute approximate surface area is 43.7 Å². The lowest BCUT2D eigenvalue weighted by Gasteiger charge is -2.24. The van der Waals surface area contributed by atoms with Crippen molar-refractivity contribution in [2.24, 2.45) is 5.92 Å². The molecule has 1 heterocycles. The molecule has 0 atom stereocenters. The van der Waals surface area contributed by atoms with Gasteiger partial charge in [0.05, 0.1) is 5.68 Å². The van der Waals surface area contributed by atoms with Crippen LogP contribution in [0.1, 0.15) is 0 Å². The standard InChI is InChI=1S/C4H6BNO/c5-4(7)3-1-6-2-3/h3,6H,1-2H2. The third-order valence-electron chi connectivity index (χ3n) is 1.18. The number of carbonyl (C=O) groups excluding carboxylic acids is 1. The lowest BCUT2D eigenvalue weighted by atomic mass is 9.85. The van der Waals surface area contributed by atoms with Gasteiger partial charge >= 0.3 is 0 Å². The smallest absolute Gasteiger partial charge is 0.168 e. The van der Waals surface area contributed by atoms with Crippen LogP contribution in [0.2, 0.25) is 0 Å². The van der Waals surface area contributed by atoms with Gasteiger partial charge in [0.1, 0.15) is 0 Å². The van der Waals surface area contributed by atoms with Gasteiger partial charge in [-0.05, 0) is 0 Å². The van der Waals surface area contributed by atoms with Crippen molar-refractivity contribution in [1.82, 2.24) is 5.32 Å². The van der Waals surface area contributed by atoms with Crippen LogP contribution in [-0.4, -0.2) is 26.6 Å². The largest absolute Gasteiger partial charge is 0.315 e. The Kier molecular flexibility index (Phi) is 1.15. The van der Waals surface area contributed by atoms with Crippen molar-refractivity contribution in [1.29, 1.82) is 0 Å². The molecule has 0 aliphatic carbocycles. The summed E-state index contributed by atoms with van der Waals surface area (Å²) in [5.41, 5.74) is -0.182. The summed E-state index contributed by atoms with van der Waals surface area (Å²) >= 11 is 0. The highest BCUT2D eigenvalue weighted by atomic mass is 16.1. The first kappa shape index (κ1) is 4.84. The molecular formula is C4H6BNO. The molecule has 0 aromatic heterocycles. The summed E-state index contributed by atoms with van der Waals surface area (Å²) in [7, 11) is 4.92. The minimum absolute atomic E-state index is 0.111. The third-order valence-corrected chi connectivity index (χ3v) is 1.18. The molecule has 36 valence electrons. The summed E-state index contributed by atoms with van der Waals surface area (Å²) in [5, 5.41) is 2.94. The maximum absolute atomic E-state index is 10.2. The van der Waals surface area contributed by atoms with Gasteiger partial charge in [-0.3, -0.25) is 0 Å². The van der Waals surface area contributed by atoms with E-state index in [2.05, 4.69) is 5.32 Å².